The van der Waals surface area contributed by atoms with Crippen LogP contribution < -0.4 is 0 Å². The zero-order valence-electron chi connectivity index (χ0n) is 10.1. The molecule has 8 nitrogen and oxygen atoms in total. The quantitative estimate of drug-likeness (QED) is 0.386. The van der Waals surface area contributed by atoms with Crippen LogP contribution in [0, 0.1) is 0 Å². The van der Waals surface area contributed by atoms with Crippen LogP contribution in [-0.2, 0) is 23.9 Å². The van der Waals surface area contributed by atoms with Gasteiger partial charge in [-0.05, 0) is 0 Å². The molecule has 0 radical (unpaired) electrons. The topological polar surface area (TPSA) is 138 Å². The summed E-state index contributed by atoms with van der Waals surface area (Å²) in [5.74, 6) is -3.82. The summed E-state index contributed by atoms with van der Waals surface area (Å²) in [7, 11) is 0. The summed E-state index contributed by atoms with van der Waals surface area (Å²) in [6.45, 7) is 7.44. The molecule has 0 bridgehead atoms. The first-order chi connectivity index (χ1) is 8.67. The minimum absolute atomic E-state index is 0.329. The van der Waals surface area contributed by atoms with E-state index in [9.17, 15) is 19.2 Å². The van der Waals surface area contributed by atoms with Crippen LogP contribution in [0.1, 0.15) is 6.92 Å². The van der Waals surface area contributed by atoms with Gasteiger partial charge in [-0.25, -0.2) is 14.4 Å². The van der Waals surface area contributed by atoms with Crippen LogP contribution in [-0.4, -0.2) is 39.2 Å². The van der Waals surface area contributed by atoms with Crippen LogP contribution in [0.25, 0.3) is 0 Å². The van der Waals surface area contributed by atoms with Gasteiger partial charge in [0.2, 0.25) is 0 Å². The first-order valence-electron chi connectivity index (χ1n) is 4.44. The normalized spacial score (nSPS) is 7.84. The molecule has 0 saturated heterocycles. The van der Waals surface area contributed by atoms with Crippen LogP contribution in [0.5, 0.6) is 0 Å². The zero-order chi connectivity index (χ0) is 15.8. The lowest BCUT2D eigenvalue weighted by Gasteiger charge is -1.83. The Hall–Kier alpha value is -2.90. The molecule has 106 valence electrons. The van der Waals surface area contributed by atoms with E-state index >= 15 is 0 Å². The third-order valence-corrected chi connectivity index (χ3v) is 0.792. The lowest BCUT2D eigenvalue weighted by atomic mass is 10.5. The highest BCUT2D eigenvalue weighted by Crippen LogP contribution is 1.71. The summed E-state index contributed by atoms with van der Waals surface area (Å²) in [5.41, 5.74) is 0. The molecular formula is C11H14O8. The fourth-order valence-corrected chi connectivity index (χ4v) is 0.260. The molecule has 0 amide bonds. The van der Waals surface area contributed by atoms with Crippen molar-refractivity contribution < 1.29 is 39.2 Å². The van der Waals surface area contributed by atoms with Crippen LogP contribution >= 0.6 is 0 Å². The average molecular weight is 274 g/mol. The largest absolute Gasteiger partial charge is 0.478 e. The minimum Gasteiger partial charge on any atom is -0.478 e. The Morgan fingerprint density at radius 2 is 1.21 bits per heavy atom. The molecule has 3 N–H and O–H groups in total. The van der Waals surface area contributed by atoms with Gasteiger partial charge in [0.15, 0.2) is 0 Å². The Labute approximate surface area is 108 Å². The van der Waals surface area contributed by atoms with Crippen LogP contribution in [0.3, 0.4) is 0 Å². The summed E-state index contributed by atoms with van der Waals surface area (Å²) in [6.07, 6.45) is 3.05. The van der Waals surface area contributed by atoms with Gasteiger partial charge >= 0.3 is 23.9 Å². The maximum absolute atomic E-state index is 9.75. The number of aliphatic carboxylic acids is 3. The fraction of sp³-hybridized carbons (Fsp3) is 0.0909. The van der Waals surface area contributed by atoms with Gasteiger partial charge in [0.25, 0.3) is 0 Å². The lowest BCUT2D eigenvalue weighted by molar-refractivity contribution is -0.135. The van der Waals surface area contributed by atoms with E-state index in [1.165, 1.54) is 6.92 Å². The third-order valence-electron chi connectivity index (χ3n) is 0.792. The SMILES string of the molecule is C=CC(=O)O.C=COC(C)=O.O=C(O)/C=C\C(=O)O. The van der Waals surface area contributed by atoms with E-state index in [1.54, 1.807) is 0 Å². The van der Waals surface area contributed by atoms with E-state index in [-0.39, 0.29) is 5.97 Å². The van der Waals surface area contributed by atoms with Gasteiger partial charge in [0.05, 0.1) is 6.26 Å². The summed E-state index contributed by atoms with van der Waals surface area (Å²) in [5, 5.41) is 23.2. The second-order valence-corrected chi connectivity index (χ2v) is 2.33. The van der Waals surface area contributed by atoms with E-state index < -0.39 is 17.9 Å². The number of rotatable bonds is 4. The van der Waals surface area contributed by atoms with E-state index in [1.807, 2.05) is 0 Å². The van der Waals surface area contributed by atoms with Crippen molar-refractivity contribution in [1.82, 2.24) is 0 Å². The Kier molecular flexibility index (Phi) is 17.0. The van der Waals surface area contributed by atoms with Gasteiger partial charge in [-0.3, -0.25) is 4.79 Å². The van der Waals surface area contributed by atoms with E-state index in [0.29, 0.717) is 12.2 Å². The number of carboxylic acid groups (broad SMARTS) is 3. The molecule has 0 aliphatic rings. The monoisotopic (exact) mass is 274 g/mol. The molecule has 0 heterocycles. The average Bonchev–Trinajstić information content (AvgIpc) is 2.27. The number of ether oxygens (including phenoxy) is 1. The second-order valence-electron chi connectivity index (χ2n) is 2.33. The molecule has 0 aromatic carbocycles. The summed E-state index contributed by atoms with van der Waals surface area (Å²) in [6, 6.07) is 0. The lowest BCUT2D eigenvalue weighted by Crippen LogP contribution is -1.91. The van der Waals surface area contributed by atoms with Gasteiger partial charge in [-0.2, -0.15) is 0 Å². The van der Waals surface area contributed by atoms with Crippen LogP contribution in [0.2, 0.25) is 0 Å². The van der Waals surface area contributed by atoms with E-state index in [0.717, 1.165) is 12.3 Å². The standard InChI is InChI=1S/C4H4O4.C4H6O2.C3H4O2/c5-3(6)1-2-4(7)8;1-3-6-4(2)5;1-2-3(4)5/h1-2H,(H,5,6)(H,7,8);3H,1H2,2H3;2H,1H2,(H,4,5)/b2-1-;;. The Morgan fingerprint density at radius 1 is 0.895 bits per heavy atom. The maximum Gasteiger partial charge on any atom is 0.328 e. The van der Waals surface area contributed by atoms with Gasteiger partial charge in [0, 0.05) is 25.2 Å². The Balaban J connectivity index is -0.000000209. The van der Waals surface area contributed by atoms with Crippen molar-refractivity contribution in [3.05, 3.63) is 37.6 Å². The zero-order valence-corrected chi connectivity index (χ0v) is 10.1. The smallest absolute Gasteiger partial charge is 0.328 e. The third kappa shape index (κ3) is 51.4. The number of hydrogen-bond acceptors (Lipinski definition) is 5. The number of esters is 1. The van der Waals surface area contributed by atoms with Crippen molar-refractivity contribution in [3.8, 4) is 0 Å². The van der Waals surface area contributed by atoms with Crippen molar-refractivity contribution in [1.29, 1.82) is 0 Å². The van der Waals surface area contributed by atoms with Gasteiger partial charge in [-0.15, -0.1) is 0 Å². The summed E-state index contributed by atoms with van der Waals surface area (Å²) < 4.78 is 4.17. The number of carbonyl (C=O) groups excluding carboxylic acids is 1. The molecule has 0 rings (SSSR count). The molecule has 0 aliphatic carbocycles. The van der Waals surface area contributed by atoms with Gasteiger partial charge < -0.3 is 20.1 Å². The molecule has 0 saturated carbocycles. The van der Waals surface area contributed by atoms with Crippen molar-refractivity contribution in [2.75, 3.05) is 0 Å². The first-order valence-corrected chi connectivity index (χ1v) is 4.44. The molecule has 0 aromatic heterocycles. The Morgan fingerprint density at radius 3 is 1.26 bits per heavy atom. The summed E-state index contributed by atoms with van der Waals surface area (Å²) in [4.78, 5) is 38.1. The molecule has 0 atom stereocenters. The van der Waals surface area contributed by atoms with Gasteiger partial charge in [0.1, 0.15) is 0 Å². The predicted molar refractivity (Wildman–Crippen MR) is 64.2 cm³/mol. The number of hydrogen-bond donors (Lipinski definition) is 3. The fourth-order valence-electron chi connectivity index (χ4n) is 0.260. The molecule has 0 aromatic rings. The molecular weight excluding hydrogens is 260 g/mol. The highest BCUT2D eigenvalue weighted by atomic mass is 16.5. The van der Waals surface area contributed by atoms with Crippen LogP contribution in [0.15, 0.2) is 37.6 Å². The van der Waals surface area contributed by atoms with Crippen molar-refractivity contribution in [2.45, 2.75) is 6.92 Å². The van der Waals surface area contributed by atoms with Crippen molar-refractivity contribution >= 4 is 23.9 Å². The molecule has 0 fully saturated rings. The molecule has 0 unspecified atom stereocenters. The van der Waals surface area contributed by atoms with Crippen LogP contribution in [0.4, 0.5) is 0 Å². The van der Waals surface area contributed by atoms with Crippen molar-refractivity contribution in [2.24, 2.45) is 0 Å². The maximum atomic E-state index is 9.75. The van der Waals surface area contributed by atoms with E-state index in [4.69, 9.17) is 15.3 Å². The Bertz CT molecular complexity index is 351. The molecule has 8 heteroatoms. The molecule has 19 heavy (non-hydrogen) atoms. The molecule has 0 aliphatic heterocycles. The first kappa shape index (κ1) is 21.4. The van der Waals surface area contributed by atoms with Gasteiger partial charge in [-0.1, -0.05) is 13.2 Å². The molecule has 0 spiro atoms. The minimum atomic E-state index is -1.26. The van der Waals surface area contributed by atoms with Crippen molar-refractivity contribution in [3.63, 3.8) is 0 Å². The predicted octanol–water partition coefficient (Wildman–Crippen LogP) is 0.662. The number of carboxylic acids is 3. The highest BCUT2D eigenvalue weighted by molar-refractivity contribution is 5.89. The highest BCUT2D eigenvalue weighted by Gasteiger charge is 1.88. The second kappa shape index (κ2) is 15.1. The van der Waals surface area contributed by atoms with E-state index in [2.05, 4.69) is 17.9 Å². The number of carbonyl (C=O) groups is 4. The summed E-state index contributed by atoms with van der Waals surface area (Å²) >= 11 is 0.